The Balaban J connectivity index is 1.57. The number of carbonyl (C=O) groups is 3. The minimum Gasteiger partial charge on any atom is -0.434 e. The number of carbonyl (C=O) groups excluding carboxylic acids is 3. The van der Waals surface area contributed by atoms with E-state index in [0.717, 1.165) is 0 Å². The number of benzene rings is 3. The zero-order chi connectivity index (χ0) is 22.2. The van der Waals surface area contributed by atoms with Crippen molar-refractivity contribution < 1.29 is 23.9 Å². The van der Waals surface area contributed by atoms with Gasteiger partial charge in [-0.05, 0) is 73.7 Å². The van der Waals surface area contributed by atoms with E-state index in [0.29, 0.717) is 27.5 Å². The summed E-state index contributed by atoms with van der Waals surface area (Å²) in [5.41, 5.74) is 1.95. The van der Waals surface area contributed by atoms with Crippen LogP contribution in [0.5, 0.6) is 5.75 Å². The lowest BCUT2D eigenvalue weighted by molar-refractivity contribution is 0.101. The highest BCUT2D eigenvalue weighted by Crippen LogP contribution is 2.18. The third-order valence-corrected chi connectivity index (χ3v) is 4.30. The summed E-state index contributed by atoms with van der Waals surface area (Å²) in [4.78, 5) is 36.0. The molecule has 8 heteroatoms. The predicted octanol–water partition coefficient (Wildman–Crippen LogP) is 5.38. The maximum atomic E-state index is 12.4. The third-order valence-electron chi connectivity index (χ3n) is 4.07. The molecular formula is C23H19ClN2O5. The highest BCUT2D eigenvalue weighted by Gasteiger charge is 2.10. The molecule has 7 nitrogen and oxygen atoms in total. The maximum absolute atomic E-state index is 12.4. The lowest BCUT2D eigenvalue weighted by Gasteiger charge is -2.09. The Hall–Kier alpha value is -3.84. The summed E-state index contributed by atoms with van der Waals surface area (Å²) in [6, 6.07) is 19.4. The van der Waals surface area contributed by atoms with Crippen molar-refractivity contribution in [3.63, 3.8) is 0 Å². The van der Waals surface area contributed by atoms with Crippen molar-refractivity contribution >= 4 is 40.9 Å². The fourth-order valence-electron chi connectivity index (χ4n) is 2.59. The van der Waals surface area contributed by atoms with Crippen molar-refractivity contribution in [3.05, 3.63) is 88.9 Å². The van der Waals surface area contributed by atoms with Crippen molar-refractivity contribution in [2.75, 3.05) is 17.2 Å². The van der Waals surface area contributed by atoms with Crippen LogP contribution < -0.4 is 15.4 Å². The molecule has 3 aromatic carbocycles. The van der Waals surface area contributed by atoms with Crippen molar-refractivity contribution in [2.45, 2.75) is 6.92 Å². The first-order valence-electron chi connectivity index (χ1n) is 9.37. The van der Waals surface area contributed by atoms with Gasteiger partial charge in [0.2, 0.25) is 0 Å². The summed E-state index contributed by atoms with van der Waals surface area (Å²) >= 11 is 5.91. The molecule has 3 rings (SSSR count). The van der Waals surface area contributed by atoms with Gasteiger partial charge in [-0.1, -0.05) is 17.7 Å². The number of amides is 2. The molecule has 0 radical (unpaired) electrons. The van der Waals surface area contributed by atoms with Crippen LogP contribution in [0.25, 0.3) is 0 Å². The van der Waals surface area contributed by atoms with Crippen LogP contribution >= 0.6 is 11.6 Å². The normalized spacial score (nSPS) is 10.1. The summed E-state index contributed by atoms with van der Waals surface area (Å²) in [6.45, 7) is 1.89. The van der Waals surface area contributed by atoms with Crippen LogP contribution in [0.1, 0.15) is 27.6 Å². The first kappa shape index (κ1) is 21.9. The number of hydrogen-bond acceptors (Lipinski definition) is 5. The molecule has 0 saturated carbocycles. The van der Waals surface area contributed by atoms with Crippen molar-refractivity contribution in [3.8, 4) is 5.75 Å². The van der Waals surface area contributed by atoms with Crippen LogP contribution in [0, 0.1) is 0 Å². The van der Waals surface area contributed by atoms with E-state index in [1.807, 2.05) is 0 Å². The quantitative estimate of drug-likeness (QED) is 0.398. The van der Waals surface area contributed by atoms with Gasteiger partial charge >= 0.3 is 6.16 Å². The standard InChI is InChI=1S/C23H19ClN2O5/c1-2-30-23(29)31-20-12-6-15(7-13-20)21(27)25-18-8-10-19(11-9-18)26-22(28)16-4-3-5-17(24)14-16/h3-14H,2H2,1H3,(H,25,27)(H,26,28). The smallest absolute Gasteiger partial charge is 0.434 e. The number of rotatable bonds is 6. The lowest BCUT2D eigenvalue weighted by Crippen LogP contribution is -2.13. The molecule has 0 fully saturated rings. The molecule has 158 valence electrons. The molecule has 0 bridgehead atoms. The summed E-state index contributed by atoms with van der Waals surface area (Å²) in [5, 5.41) is 6.00. The van der Waals surface area contributed by atoms with Gasteiger partial charge in [-0.15, -0.1) is 0 Å². The lowest BCUT2D eigenvalue weighted by atomic mass is 10.2. The van der Waals surface area contributed by atoms with Gasteiger partial charge in [-0.25, -0.2) is 4.79 Å². The van der Waals surface area contributed by atoms with Gasteiger partial charge in [-0.2, -0.15) is 0 Å². The first-order chi connectivity index (χ1) is 14.9. The Morgan fingerprint density at radius 1 is 0.806 bits per heavy atom. The SMILES string of the molecule is CCOC(=O)Oc1ccc(C(=O)Nc2ccc(NC(=O)c3cccc(Cl)c3)cc2)cc1. The summed E-state index contributed by atoms with van der Waals surface area (Å²) in [5.74, 6) is -0.349. The van der Waals surface area contributed by atoms with E-state index >= 15 is 0 Å². The molecule has 0 aliphatic carbocycles. The molecule has 0 aliphatic rings. The van der Waals surface area contributed by atoms with Crippen LogP contribution in [0.4, 0.5) is 16.2 Å². The second-order valence-corrected chi connectivity index (χ2v) is 6.74. The van der Waals surface area contributed by atoms with Gasteiger partial charge in [0.25, 0.3) is 11.8 Å². The zero-order valence-corrected chi connectivity index (χ0v) is 17.3. The molecular weight excluding hydrogens is 420 g/mol. The van der Waals surface area contributed by atoms with Gasteiger partial charge in [0.1, 0.15) is 5.75 Å². The first-order valence-corrected chi connectivity index (χ1v) is 9.75. The van der Waals surface area contributed by atoms with Crippen molar-refractivity contribution in [1.29, 1.82) is 0 Å². The average Bonchev–Trinajstić information content (AvgIpc) is 2.75. The van der Waals surface area contributed by atoms with Crippen LogP contribution in [0.3, 0.4) is 0 Å². The van der Waals surface area contributed by atoms with Gasteiger partial charge < -0.3 is 20.1 Å². The van der Waals surface area contributed by atoms with Crippen molar-refractivity contribution in [1.82, 2.24) is 0 Å². The second-order valence-electron chi connectivity index (χ2n) is 6.31. The van der Waals surface area contributed by atoms with E-state index in [1.54, 1.807) is 55.5 Å². The van der Waals surface area contributed by atoms with E-state index in [2.05, 4.69) is 10.6 Å². The summed E-state index contributed by atoms with van der Waals surface area (Å²) in [6.07, 6.45) is -0.803. The Kier molecular flexibility index (Phi) is 7.24. The van der Waals surface area contributed by atoms with Crippen molar-refractivity contribution in [2.24, 2.45) is 0 Å². The van der Waals surface area contributed by atoms with E-state index in [1.165, 1.54) is 24.3 Å². The Labute approximate surface area is 183 Å². The highest BCUT2D eigenvalue weighted by atomic mass is 35.5. The van der Waals surface area contributed by atoms with Crippen LogP contribution in [-0.2, 0) is 4.74 Å². The van der Waals surface area contributed by atoms with Gasteiger partial charge in [-0.3, -0.25) is 9.59 Å². The second kappa shape index (κ2) is 10.3. The molecule has 31 heavy (non-hydrogen) atoms. The summed E-state index contributed by atoms with van der Waals surface area (Å²) < 4.78 is 9.65. The predicted molar refractivity (Wildman–Crippen MR) is 118 cm³/mol. The third kappa shape index (κ3) is 6.32. The van der Waals surface area contributed by atoms with E-state index < -0.39 is 6.16 Å². The van der Waals surface area contributed by atoms with E-state index in [-0.39, 0.29) is 24.2 Å². The molecule has 2 amide bonds. The molecule has 3 aromatic rings. The fourth-order valence-corrected chi connectivity index (χ4v) is 2.78. The number of ether oxygens (including phenoxy) is 2. The molecule has 0 atom stereocenters. The number of hydrogen-bond donors (Lipinski definition) is 2. The topological polar surface area (TPSA) is 93.7 Å². The molecule has 0 aromatic heterocycles. The number of anilines is 2. The molecule has 0 spiro atoms. The fraction of sp³-hybridized carbons (Fsp3) is 0.0870. The van der Waals surface area contributed by atoms with Crippen LogP contribution in [-0.4, -0.2) is 24.6 Å². The monoisotopic (exact) mass is 438 g/mol. The number of nitrogens with one attached hydrogen (secondary N) is 2. The van der Waals surface area contributed by atoms with E-state index in [4.69, 9.17) is 21.1 Å². The maximum Gasteiger partial charge on any atom is 0.513 e. The minimum atomic E-state index is -0.803. The Morgan fingerprint density at radius 3 is 1.94 bits per heavy atom. The molecule has 0 heterocycles. The zero-order valence-electron chi connectivity index (χ0n) is 16.6. The highest BCUT2D eigenvalue weighted by molar-refractivity contribution is 6.31. The average molecular weight is 439 g/mol. The van der Waals surface area contributed by atoms with Gasteiger partial charge in [0.05, 0.1) is 6.61 Å². The molecule has 0 aliphatic heterocycles. The molecule has 2 N–H and O–H groups in total. The largest absolute Gasteiger partial charge is 0.513 e. The molecule has 0 saturated heterocycles. The van der Waals surface area contributed by atoms with Crippen LogP contribution in [0.2, 0.25) is 5.02 Å². The van der Waals surface area contributed by atoms with Gasteiger partial charge in [0, 0.05) is 27.5 Å². The molecule has 0 unspecified atom stereocenters. The Morgan fingerprint density at radius 2 is 1.39 bits per heavy atom. The van der Waals surface area contributed by atoms with E-state index in [9.17, 15) is 14.4 Å². The number of halogens is 1. The summed E-state index contributed by atoms with van der Waals surface area (Å²) in [7, 11) is 0. The van der Waals surface area contributed by atoms with Crippen LogP contribution in [0.15, 0.2) is 72.8 Å². The van der Waals surface area contributed by atoms with Gasteiger partial charge in [0.15, 0.2) is 0 Å². The minimum absolute atomic E-state index is 0.211. The Bertz CT molecular complexity index is 1080.